The van der Waals surface area contributed by atoms with E-state index < -0.39 is 53.0 Å². The molecule has 10 heteroatoms. The maximum atomic E-state index is 13.3. The third-order valence-electron chi connectivity index (χ3n) is 4.46. The van der Waals surface area contributed by atoms with Crippen molar-refractivity contribution in [3.8, 4) is 0 Å². The zero-order chi connectivity index (χ0) is 21.4. The average molecular weight is 409 g/mol. The fraction of sp³-hybridized carbons (Fsp3) is 0.211. The summed E-state index contributed by atoms with van der Waals surface area (Å²) in [5.74, 6) is -2.42. The highest BCUT2D eigenvalue weighted by Crippen LogP contribution is 2.39. The van der Waals surface area contributed by atoms with Crippen LogP contribution in [0.3, 0.4) is 0 Å². The molecule has 0 aliphatic carbocycles. The minimum absolute atomic E-state index is 0.104. The van der Waals surface area contributed by atoms with Gasteiger partial charge in [-0.3, -0.25) is 14.5 Å². The lowest BCUT2D eigenvalue weighted by molar-refractivity contribution is -0.140. The van der Waals surface area contributed by atoms with Gasteiger partial charge in [0.2, 0.25) is 5.91 Å². The standard InChI is InChI=1S/C19H15F4N3O3/c1-18(13-7-2-3-8-14(13)19(21,22)23)16(28)26(17(29)25-18)10-15(27)24-12-6-4-5-11(20)9-12/h2-9H,10H2,1H3,(H,24,27)(H,25,29)/t18-/m0/s1. The topological polar surface area (TPSA) is 78.5 Å². The van der Waals surface area contributed by atoms with Gasteiger partial charge in [0.05, 0.1) is 5.56 Å². The quantitative estimate of drug-likeness (QED) is 0.601. The first kappa shape index (κ1) is 20.3. The number of nitrogens with one attached hydrogen (secondary N) is 2. The molecular weight excluding hydrogens is 394 g/mol. The number of urea groups is 1. The molecule has 3 rings (SSSR count). The van der Waals surface area contributed by atoms with Crippen LogP contribution in [0, 0.1) is 5.82 Å². The van der Waals surface area contributed by atoms with E-state index in [9.17, 15) is 31.9 Å². The molecule has 1 atom stereocenters. The third kappa shape index (κ3) is 3.91. The Morgan fingerprint density at radius 3 is 2.48 bits per heavy atom. The zero-order valence-corrected chi connectivity index (χ0v) is 15.0. The molecule has 152 valence electrons. The fourth-order valence-electron chi connectivity index (χ4n) is 3.10. The van der Waals surface area contributed by atoms with Crippen LogP contribution in [0.1, 0.15) is 18.1 Å². The molecule has 29 heavy (non-hydrogen) atoms. The van der Waals surface area contributed by atoms with Gasteiger partial charge < -0.3 is 10.6 Å². The van der Waals surface area contributed by atoms with Gasteiger partial charge in [-0.05, 0) is 36.8 Å². The number of carbonyl (C=O) groups is 3. The van der Waals surface area contributed by atoms with E-state index in [4.69, 9.17) is 0 Å². The lowest BCUT2D eigenvalue weighted by Gasteiger charge is -2.25. The minimum atomic E-state index is -4.74. The van der Waals surface area contributed by atoms with Crippen molar-refractivity contribution in [1.29, 1.82) is 0 Å². The van der Waals surface area contributed by atoms with Gasteiger partial charge in [-0.1, -0.05) is 24.3 Å². The molecule has 0 spiro atoms. The van der Waals surface area contributed by atoms with Crippen molar-refractivity contribution in [2.24, 2.45) is 0 Å². The molecule has 2 aromatic rings. The third-order valence-corrected chi connectivity index (χ3v) is 4.46. The number of imide groups is 1. The predicted molar refractivity (Wildman–Crippen MR) is 94.1 cm³/mol. The summed E-state index contributed by atoms with van der Waals surface area (Å²) in [6.45, 7) is 0.396. The zero-order valence-electron chi connectivity index (χ0n) is 15.0. The molecule has 1 fully saturated rings. The number of hydrogen-bond donors (Lipinski definition) is 2. The second-order valence-corrected chi connectivity index (χ2v) is 6.55. The SMILES string of the molecule is C[C@@]1(c2ccccc2C(F)(F)F)NC(=O)N(CC(=O)Nc2cccc(F)c2)C1=O. The maximum Gasteiger partial charge on any atom is 0.416 e. The summed E-state index contributed by atoms with van der Waals surface area (Å²) >= 11 is 0. The first-order valence-electron chi connectivity index (χ1n) is 8.38. The molecule has 0 radical (unpaired) electrons. The van der Waals surface area contributed by atoms with E-state index >= 15 is 0 Å². The van der Waals surface area contributed by atoms with Gasteiger partial charge in [0.25, 0.3) is 5.91 Å². The first-order valence-corrected chi connectivity index (χ1v) is 8.38. The van der Waals surface area contributed by atoms with E-state index in [2.05, 4.69) is 10.6 Å². The molecule has 4 amide bonds. The number of rotatable bonds is 4. The minimum Gasteiger partial charge on any atom is -0.324 e. The van der Waals surface area contributed by atoms with E-state index in [1.165, 1.54) is 24.3 Å². The van der Waals surface area contributed by atoms with Crippen LogP contribution in [0.4, 0.5) is 28.0 Å². The Morgan fingerprint density at radius 1 is 1.14 bits per heavy atom. The van der Waals surface area contributed by atoms with Crippen LogP contribution in [0.2, 0.25) is 0 Å². The van der Waals surface area contributed by atoms with Gasteiger partial charge in [0.1, 0.15) is 17.9 Å². The second-order valence-electron chi connectivity index (χ2n) is 6.55. The molecule has 1 heterocycles. The highest BCUT2D eigenvalue weighted by molar-refractivity contribution is 6.10. The van der Waals surface area contributed by atoms with E-state index in [1.807, 2.05) is 0 Å². The number of carbonyl (C=O) groups excluding carboxylic acids is 3. The van der Waals surface area contributed by atoms with Gasteiger partial charge in [-0.2, -0.15) is 13.2 Å². The number of halogens is 4. The summed E-state index contributed by atoms with van der Waals surface area (Å²) < 4.78 is 53.2. The molecule has 0 aromatic heterocycles. The van der Waals surface area contributed by atoms with E-state index in [0.29, 0.717) is 4.90 Å². The van der Waals surface area contributed by atoms with Gasteiger partial charge in [-0.25, -0.2) is 9.18 Å². The van der Waals surface area contributed by atoms with Crippen molar-refractivity contribution < 1.29 is 31.9 Å². The molecule has 2 aromatic carbocycles. The monoisotopic (exact) mass is 409 g/mol. The summed E-state index contributed by atoms with van der Waals surface area (Å²) in [5, 5.41) is 4.56. The fourth-order valence-corrected chi connectivity index (χ4v) is 3.10. The van der Waals surface area contributed by atoms with E-state index in [1.54, 1.807) is 0 Å². The Morgan fingerprint density at radius 2 is 1.83 bits per heavy atom. The molecular formula is C19H15F4N3O3. The number of amides is 4. The summed E-state index contributed by atoms with van der Waals surface area (Å²) in [4.78, 5) is 37.7. The second kappa shape index (κ2) is 7.19. The van der Waals surface area contributed by atoms with E-state index in [-0.39, 0.29) is 5.69 Å². The smallest absolute Gasteiger partial charge is 0.324 e. The normalized spacial score (nSPS) is 19.3. The molecule has 0 bridgehead atoms. The summed E-state index contributed by atoms with van der Waals surface area (Å²) in [7, 11) is 0. The Balaban J connectivity index is 1.84. The van der Waals surface area contributed by atoms with Crippen molar-refractivity contribution in [3.63, 3.8) is 0 Å². The van der Waals surface area contributed by atoms with Crippen LogP contribution in [0.15, 0.2) is 48.5 Å². The van der Waals surface area contributed by atoms with Crippen molar-refractivity contribution in [1.82, 2.24) is 10.2 Å². The Labute approximate surface area is 162 Å². The summed E-state index contributed by atoms with van der Waals surface area (Å²) in [6.07, 6.45) is -4.74. The Hall–Kier alpha value is -3.43. The number of benzene rings is 2. The van der Waals surface area contributed by atoms with Gasteiger partial charge in [0, 0.05) is 5.69 Å². The number of anilines is 1. The first-order chi connectivity index (χ1) is 13.5. The molecule has 0 unspecified atom stereocenters. The van der Waals surface area contributed by atoms with Crippen molar-refractivity contribution >= 4 is 23.5 Å². The van der Waals surface area contributed by atoms with Gasteiger partial charge >= 0.3 is 12.2 Å². The Bertz CT molecular complexity index is 993. The van der Waals surface area contributed by atoms with Crippen molar-refractivity contribution in [2.75, 3.05) is 11.9 Å². The lowest BCUT2D eigenvalue weighted by Crippen LogP contribution is -2.43. The van der Waals surface area contributed by atoms with Gasteiger partial charge in [0.15, 0.2) is 0 Å². The highest BCUT2D eigenvalue weighted by atomic mass is 19.4. The van der Waals surface area contributed by atoms with Crippen LogP contribution in [0.25, 0.3) is 0 Å². The van der Waals surface area contributed by atoms with Gasteiger partial charge in [-0.15, -0.1) is 0 Å². The molecule has 1 aliphatic heterocycles. The van der Waals surface area contributed by atoms with Crippen LogP contribution >= 0.6 is 0 Å². The van der Waals surface area contributed by atoms with Crippen molar-refractivity contribution in [3.05, 3.63) is 65.5 Å². The summed E-state index contributed by atoms with van der Waals surface area (Å²) in [6, 6.07) is 8.32. The molecule has 1 aliphatic rings. The highest BCUT2D eigenvalue weighted by Gasteiger charge is 2.52. The number of hydrogen-bond acceptors (Lipinski definition) is 3. The largest absolute Gasteiger partial charge is 0.416 e. The molecule has 0 saturated carbocycles. The Kier molecular flexibility index (Phi) is 5.04. The van der Waals surface area contributed by atoms with E-state index in [0.717, 1.165) is 31.2 Å². The van der Waals surface area contributed by atoms with Crippen LogP contribution in [0.5, 0.6) is 0 Å². The lowest BCUT2D eigenvalue weighted by atomic mass is 9.87. The average Bonchev–Trinajstić information content (AvgIpc) is 2.85. The summed E-state index contributed by atoms with van der Waals surface area (Å²) in [5.41, 5.74) is -3.39. The molecule has 2 N–H and O–H groups in total. The van der Waals surface area contributed by atoms with Crippen molar-refractivity contribution in [2.45, 2.75) is 18.6 Å². The van der Waals surface area contributed by atoms with Crippen LogP contribution in [-0.4, -0.2) is 29.3 Å². The van der Waals surface area contributed by atoms with Crippen LogP contribution in [-0.2, 0) is 21.3 Å². The number of nitrogens with zero attached hydrogens (tertiary/aromatic N) is 1. The predicted octanol–water partition coefficient (Wildman–Crippen LogP) is 3.25. The van der Waals surface area contributed by atoms with Crippen LogP contribution < -0.4 is 10.6 Å². The maximum absolute atomic E-state index is 13.3. The molecule has 6 nitrogen and oxygen atoms in total. The molecule has 1 saturated heterocycles. The number of alkyl halides is 3.